The minimum atomic E-state index is -0.969. The van der Waals surface area contributed by atoms with Crippen LogP contribution in [-0.4, -0.2) is 44.5 Å². The fourth-order valence-electron chi connectivity index (χ4n) is 4.75. The van der Waals surface area contributed by atoms with Crippen molar-refractivity contribution in [2.45, 2.75) is 45.6 Å². The van der Waals surface area contributed by atoms with Gasteiger partial charge in [-0.3, -0.25) is 9.59 Å². The molecule has 1 aliphatic rings. The molecule has 3 aromatic rings. The number of hydrogen-bond acceptors (Lipinski definition) is 4. The van der Waals surface area contributed by atoms with Crippen molar-refractivity contribution in [1.82, 2.24) is 9.88 Å². The SMILES string of the molecule is CCC(=O)N(Cc1ccc2nc(-c3ccc(C(=O)O)cc3)ccc2c1)CC1(C(=O)O)CCCC1. The van der Waals surface area contributed by atoms with Gasteiger partial charge in [0.2, 0.25) is 5.91 Å². The lowest BCUT2D eigenvalue weighted by Crippen LogP contribution is -2.43. The molecule has 0 spiro atoms. The van der Waals surface area contributed by atoms with Crippen LogP contribution in [0.1, 0.15) is 54.9 Å². The Bertz CT molecular complexity index is 1230. The standard InChI is InChI=1S/C27H28N2O5/c1-2-24(30)29(17-27(26(33)34)13-3-4-14-27)16-18-5-11-23-21(15-18)10-12-22(28-23)19-6-8-20(9-7-19)25(31)32/h5-12,15H,2-4,13-14,16-17H2,1H3,(H,31,32)(H,33,34). The second-order valence-corrected chi connectivity index (χ2v) is 9.00. The summed E-state index contributed by atoms with van der Waals surface area (Å²) in [7, 11) is 0. The molecular formula is C27H28N2O5. The summed E-state index contributed by atoms with van der Waals surface area (Å²) in [5.41, 5.74) is 2.65. The van der Waals surface area contributed by atoms with E-state index in [1.54, 1.807) is 36.1 Å². The van der Waals surface area contributed by atoms with Gasteiger partial charge in [-0.25, -0.2) is 9.78 Å². The molecule has 7 nitrogen and oxygen atoms in total. The highest BCUT2D eigenvalue weighted by molar-refractivity contribution is 5.88. The van der Waals surface area contributed by atoms with E-state index in [1.165, 1.54) is 0 Å². The van der Waals surface area contributed by atoms with Gasteiger partial charge in [0.1, 0.15) is 0 Å². The number of aromatic nitrogens is 1. The van der Waals surface area contributed by atoms with E-state index in [4.69, 9.17) is 10.1 Å². The predicted molar refractivity (Wildman–Crippen MR) is 128 cm³/mol. The Balaban J connectivity index is 1.57. The maximum atomic E-state index is 12.7. The van der Waals surface area contributed by atoms with Crippen LogP contribution in [-0.2, 0) is 16.1 Å². The van der Waals surface area contributed by atoms with Crippen LogP contribution >= 0.6 is 0 Å². The zero-order valence-corrected chi connectivity index (χ0v) is 19.2. The Morgan fingerprint density at radius 2 is 1.68 bits per heavy atom. The fourth-order valence-corrected chi connectivity index (χ4v) is 4.75. The van der Waals surface area contributed by atoms with Gasteiger partial charge in [-0.15, -0.1) is 0 Å². The average molecular weight is 461 g/mol. The summed E-state index contributed by atoms with van der Waals surface area (Å²) in [6.45, 7) is 2.39. The van der Waals surface area contributed by atoms with Crippen molar-refractivity contribution in [2.24, 2.45) is 5.41 Å². The van der Waals surface area contributed by atoms with Crippen molar-refractivity contribution < 1.29 is 24.6 Å². The molecule has 1 amide bonds. The van der Waals surface area contributed by atoms with Crippen LogP contribution in [0.3, 0.4) is 0 Å². The first-order chi connectivity index (χ1) is 16.3. The molecule has 1 aromatic heterocycles. The molecule has 4 rings (SSSR count). The number of carboxylic acid groups (broad SMARTS) is 2. The molecule has 0 saturated heterocycles. The number of carboxylic acids is 2. The summed E-state index contributed by atoms with van der Waals surface area (Å²) < 4.78 is 0. The molecule has 0 atom stereocenters. The first-order valence-electron chi connectivity index (χ1n) is 11.6. The molecule has 1 heterocycles. The van der Waals surface area contributed by atoms with Gasteiger partial charge in [0.15, 0.2) is 0 Å². The number of nitrogens with zero attached hydrogens (tertiary/aromatic N) is 2. The maximum absolute atomic E-state index is 12.7. The van der Waals surface area contributed by atoms with E-state index in [-0.39, 0.29) is 18.0 Å². The lowest BCUT2D eigenvalue weighted by molar-refractivity contribution is -0.151. The number of rotatable bonds is 8. The van der Waals surface area contributed by atoms with Crippen molar-refractivity contribution in [3.8, 4) is 11.3 Å². The second-order valence-electron chi connectivity index (χ2n) is 9.00. The molecule has 2 aromatic carbocycles. The number of hydrogen-bond donors (Lipinski definition) is 2. The molecule has 0 aliphatic heterocycles. The maximum Gasteiger partial charge on any atom is 0.335 e. The van der Waals surface area contributed by atoms with Crippen LogP contribution in [0.15, 0.2) is 54.6 Å². The van der Waals surface area contributed by atoms with Gasteiger partial charge in [0, 0.05) is 30.5 Å². The van der Waals surface area contributed by atoms with Gasteiger partial charge in [0.25, 0.3) is 0 Å². The van der Waals surface area contributed by atoms with E-state index < -0.39 is 17.4 Å². The van der Waals surface area contributed by atoms with Crippen LogP contribution in [0.2, 0.25) is 0 Å². The molecule has 0 bridgehead atoms. The van der Waals surface area contributed by atoms with E-state index in [0.717, 1.165) is 40.6 Å². The number of pyridine rings is 1. The second kappa shape index (κ2) is 9.63. The molecule has 0 radical (unpaired) electrons. The van der Waals surface area contributed by atoms with Gasteiger partial charge >= 0.3 is 11.9 Å². The smallest absolute Gasteiger partial charge is 0.335 e. The van der Waals surface area contributed by atoms with E-state index in [1.807, 2.05) is 30.3 Å². The molecule has 1 fully saturated rings. The summed E-state index contributed by atoms with van der Waals surface area (Å²) in [6.07, 6.45) is 3.29. The lowest BCUT2D eigenvalue weighted by atomic mass is 9.85. The Morgan fingerprint density at radius 3 is 2.29 bits per heavy atom. The average Bonchev–Trinajstić information content (AvgIpc) is 3.33. The quantitative estimate of drug-likeness (QED) is 0.491. The molecule has 1 aliphatic carbocycles. The highest BCUT2D eigenvalue weighted by Crippen LogP contribution is 2.39. The Labute approximate surface area is 198 Å². The summed E-state index contributed by atoms with van der Waals surface area (Å²) >= 11 is 0. The van der Waals surface area contributed by atoms with Crippen LogP contribution in [0.4, 0.5) is 0 Å². The summed E-state index contributed by atoms with van der Waals surface area (Å²) in [5.74, 6) is -1.83. The number of aliphatic carboxylic acids is 1. The molecule has 2 N–H and O–H groups in total. The first kappa shape index (κ1) is 23.4. The third-order valence-electron chi connectivity index (χ3n) is 6.72. The Hall–Kier alpha value is -3.74. The van der Waals surface area contributed by atoms with Crippen molar-refractivity contribution in [2.75, 3.05) is 6.54 Å². The van der Waals surface area contributed by atoms with Crippen LogP contribution < -0.4 is 0 Å². The van der Waals surface area contributed by atoms with Gasteiger partial charge in [-0.05, 0) is 48.7 Å². The van der Waals surface area contributed by atoms with Crippen LogP contribution in [0.5, 0.6) is 0 Å². The molecule has 34 heavy (non-hydrogen) atoms. The van der Waals surface area contributed by atoms with Crippen molar-refractivity contribution in [1.29, 1.82) is 0 Å². The Kier molecular flexibility index (Phi) is 6.63. The third kappa shape index (κ3) is 4.78. The van der Waals surface area contributed by atoms with E-state index in [9.17, 15) is 19.5 Å². The normalized spacial score (nSPS) is 14.7. The summed E-state index contributed by atoms with van der Waals surface area (Å²) in [4.78, 5) is 42.2. The molecule has 0 unspecified atom stereocenters. The summed E-state index contributed by atoms with van der Waals surface area (Å²) in [6, 6.07) is 16.2. The van der Waals surface area contributed by atoms with Gasteiger partial charge in [-0.2, -0.15) is 0 Å². The van der Waals surface area contributed by atoms with E-state index in [0.29, 0.717) is 25.8 Å². The number of carbonyl (C=O) groups excluding carboxylic acids is 1. The third-order valence-corrected chi connectivity index (χ3v) is 6.72. The fraction of sp³-hybridized carbons (Fsp3) is 0.333. The van der Waals surface area contributed by atoms with Crippen molar-refractivity contribution in [3.63, 3.8) is 0 Å². The molecule has 176 valence electrons. The number of fused-ring (bicyclic) bond motifs is 1. The number of amides is 1. The van der Waals surface area contributed by atoms with Crippen LogP contribution in [0.25, 0.3) is 22.2 Å². The van der Waals surface area contributed by atoms with Crippen molar-refractivity contribution in [3.05, 3.63) is 65.7 Å². The topological polar surface area (TPSA) is 108 Å². The number of carbonyl (C=O) groups is 3. The predicted octanol–water partition coefficient (Wildman–Crippen LogP) is 4.98. The minimum absolute atomic E-state index is 0.0501. The van der Waals surface area contributed by atoms with E-state index >= 15 is 0 Å². The Morgan fingerprint density at radius 1 is 0.971 bits per heavy atom. The minimum Gasteiger partial charge on any atom is -0.481 e. The zero-order chi connectivity index (χ0) is 24.3. The first-order valence-corrected chi connectivity index (χ1v) is 11.6. The summed E-state index contributed by atoms with van der Waals surface area (Å²) in [5, 5.41) is 19.9. The molecule has 7 heteroatoms. The molecular weight excluding hydrogens is 432 g/mol. The van der Waals surface area contributed by atoms with Crippen molar-refractivity contribution >= 4 is 28.7 Å². The largest absolute Gasteiger partial charge is 0.481 e. The lowest BCUT2D eigenvalue weighted by Gasteiger charge is -2.32. The number of aromatic carboxylic acids is 1. The number of benzene rings is 2. The monoisotopic (exact) mass is 460 g/mol. The van der Waals surface area contributed by atoms with Gasteiger partial charge in [-0.1, -0.05) is 44.0 Å². The highest BCUT2D eigenvalue weighted by atomic mass is 16.4. The van der Waals surface area contributed by atoms with E-state index in [2.05, 4.69) is 0 Å². The highest BCUT2D eigenvalue weighted by Gasteiger charge is 2.43. The molecule has 1 saturated carbocycles. The zero-order valence-electron chi connectivity index (χ0n) is 19.2. The van der Waals surface area contributed by atoms with Gasteiger partial charge < -0.3 is 15.1 Å². The van der Waals surface area contributed by atoms with Crippen LogP contribution in [0, 0.1) is 5.41 Å². The van der Waals surface area contributed by atoms with Gasteiger partial charge in [0.05, 0.1) is 22.2 Å².